The minimum atomic E-state index is -3.30. The molecule has 8 heteroatoms. The highest BCUT2D eigenvalue weighted by Gasteiger charge is 2.26. The Hall–Kier alpha value is -3.13. The summed E-state index contributed by atoms with van der Waals surface area (Å²) in [6.07, 6.45) is 1.50. The molecule has 1 aliphatic rings. The van der Waals surface area contributed by atoms with Crippen molar-refractivity contribution in [3.05, 3.63) is 65.9 Å². The highest BCUT2D eigenvalue weighted by molar-refractivity contribution is 7.92. The molecule has 1 fully saturated rings. The first-order chi connectivity index (χ1) is 13.9. The van der Waals surface area contributed by atoms with Crippen LogP contribution in [-0.2, 0) is 10.0 Å². The van der Waals surface area contributed by atoms with E-state index in [1.54, 1.807) is 30.3 Å². The summed E-state index contributed by atoms with van der Waals surface area (Å²) in [5, 5.41) is 9.78. The van der Waals surface area contributed by atoms with E-state index >= 15 is 0 Å². The molecule has 0 radical (unpaired) electrons. The van der Waals surface area contributed by atoms with Crippen LogP contribution in [0.3, 0.4) is 0 Å². The molecule has 1 aliphatic heterocycles. The van der Waals surface area contributed by atoms with E-state index < -0.39 is 10.0 Å². The fraction of sp³-hybridized carbons (Fsp3) is 0.238. The Morgan fingerprint density at radius 3 is 2.66 bits per heavy atom. The van der Waals surface area contributed by atoms with Gasteiger partial charge in [0.25, 0.3) is 5.91 Å². The third kappa shape index (κ3) is 4.17. The minimum Gasteiger partial charge on any atom is -0.321 e. The first kappa shape index (κ1) is 19.2. The quantitative estimate of drug-likeness (QED) is 0.687. The second kappa shape index (κ2) is 7.71. The van der Waals surface area contributed by atoms with Crippen LogP contribution in [0, 0.1) is 6.92 Å². The molecule has 0 atom stereocenters. The van der Waals surface area contributed by atoms with Gasteiger partial charge in [0.05, 0.1) is 17.1 Å². The van der Waals surface area contributed by atoms with E-state index in [1.807, 2.05) is 31.2 Å². The van der Waals surface area contributed by atoms with Gasteiger partial charge in [-0.15, -0.1) is 0 Å². The van der Waals surface area contributed by atoms with Gasteiger partial charge in [0.2, 0.25) is 10.0 Å². The molecule has 150 valence electrons. The number of aromatic amines is 1. The second-order valence-electron chi connectivity index (χ2n) is 7.13. The second-order valence-corrected chi connectivity index (χ2v) is 9.15. The smallest absolute Gasteiger partial charge is 0.273 e. The van der Waals surface area contributed by atoms with Crippen molar-refractivity contribution in [2.75, 3.05) is 21.9 Å². The molecule has 0 bridgehead atoms. The van der Waals surface area contributed by atoms with Gasteiger partial charge in [-0.1, -0.05) is 35.9 Å². The van der Waals surface area contributed by atoms with E-state index in [4.69, 9.17) is 0 Å². The molecule has 0 spiro atoms. The van der Waals surface area contributed by atoms with Crippen LogP contribution in [-0.4, -0.2) is 36.8 Å². The van der Waals surface area contributed by atoms with E-state index in [0.29, 0.717) is 35.7 Å². The summed E-state index contributed by atoms with van der Waals surface area (Å²) in [6, 6.07) is 16.5. The summed E-state index contributed by atoms with van der Waals surface area (Å²) in [5.41, 5.74) is 4.17. The van der Waals surface area contributed by atoms with Crippen LogP contribution in [0.5, 0.6) is 0 Å². The molecule has 0 aliphatic carbocycles. The van der Waals surface area contributed by atoms with E-state index in [1.165, 1.54) is 4.31 Å². The van der Waals surface area contributed by atoms with Crippen LogP contribution in [0.25, 0.3) is 11.3 Å². The van der Waals surface area contributed by atoms with Gasteiger partial charge < -0.3 is 5.32 Å². The summed E-state index contributed by atoms with van der Waals surface area (Å²) in [6.45, 7) is 2.47. The Morgan fingerprint density at radius 1 is 1.10 bits per heavy atom. The predicted molar refractivity (Wildman–Crippen MR) is 114 cm³/mol. The van der Waals surface area contributed by atoms with Gasteiger partial charge in [0.1, 0.15) is 5.69 Å². The van der Waals surface area contributed by atoms with Crippen molar-refractivity contribution in [2.45, 2.75) is 19.8 Å². The van der Waals surface area contributed by atoms with E-state index in [9.17, 15) is 13.2 Å². The number of aromatic nitrogens is 2. The van der Waals surface area contributed by atoms with Crippen molar-refractivity contribution < 1.29 is 13.2 Å². The Morgan fingerprint density at radius 2 is 1.90 bits per heavy atom. The highest BCUT2D eigenvalue weighted by atomic mass is 32.2. The number of H-pyrrole nitrogens is 1. The van der Waals surface area contributed by atoms with Gasteiger partial charge in [0, 0.05) is 17.8 Å². The van der Waals surface area contributed by atoms with Crippen molar-refractivity contribution >= 4 is 27.3 Å². The van der Waals surface area contributed by atoms with Crippen LogP contribution in [0.1, 0.15) is 28.9 Å². The number of nitrogens with zero attached hydrogens (tertiary/aromatic N) is 2. The van der Waals surface area contributed by atoms with Crippen LogP contribution >= 0.6 is 0 Å². The zero-order valence-corrected chi connectivity index (χ0v) is 16.9. The molecule has 2 heterocycles. The highest BCUT2D eigenvalue weighted by Crippen LogP contribution is 2.26. The van der Waals surface area contributed by atoms with Gasteiger partial charge in [-0.2, -0.15) is 5.10 Å². The molecule has 2 aromatic carbocycles. The third-order valence-corrected chi connectivity index (χ3v) is 6.78. The number of aryl methyl sites for hydroxylation is 1. The van der Waals surface area contributed by atoms with E-state index in [-0.39, 0.29) is 11.7 Å². The number of hydrogen-bond acceptors (Lipinski definition) is 4. The molecule has 7 nitrogen and oxygen atoms in total. The lowest BCUT2D eigenvalue weighted by Crippen LogP contribution is -2.37. The number of sulfonamides is 1. The van der Waals surface area contributed by atoms with E-state index in [0.717, 1.165) is 17.5 Å². The largest absolute Gasteiger partial charge is 0.321 e. The van der Waals surface area contributed by atoms with E-state index in [2.05, 4.69) is 15.5 Å². The Bertz CT molecular complexity index is 1140. The zero-order valence-electron chi connectivity index (χ0n) is 16.1. The van der Waals surface area contributed by atoms with Gasteiger partial charge in [-0.3, -0.25) is 14.2 Å². The maximum atomic E-state index is 12.6. The van der Waals surface area contributed by atoms with Crippen LogP contribution in [0.15, 0.2) is 54.6 Å². The summed E-state index contributed by atoms with van der Waals surface area (Å²) >= 11 is 0. The lowest BCUT2D eigenvalue weighted by Gasteiger charge is -2.28. The molecule has 4 rings (SSSR count). The number of amides is 1. The van der Waals surface area contributed by atoms with Gasteiger partial charge in [-0.05, 0) is 44.0 Å². The number of carbonyl (C=O) groups is 1. The first-order valence-corrected chi connectivity index (χ1v) is 11.1. The van der Waals surface area contributed by atoms with Gasteiger partial charge in [0.15, 0.2) is 0 Å². The summed E-state index contributed by atoms with van der Waals surface area (Å²) in [4.78, 5) is 12.6. The third-order valence-electron chi connectivity index (χ3n) is 4.91. The molecule has 1 saturated heterocycles. The normalized spacial score (nSPS) is 15.8. The molecular weight excluding hydrogens is 388 g/mol. The monoisotopic (exact) mass is 410 g/mol. The molecule has 1 aromatic heterocycles. The van der Waals surface area contributed by atoms with Crippen molar-refractivity contribution in [3.63, 3.8) is 0 Å². The molecule has 3 aromatic rings. The topological polar surface area (TPSA) is 95.2 Å². The number of nitrogens with one attached hydrogen (secondary N) is 2. The number of benzene rings is 2. The number of hydrogen-bond donors (Lipinski definition) is 2. The van der Waals surface area contributed by atoms with Crippen molar-refractivity contribution in [2.24, 2.45) is 0 Å². The molecule has 0 saturated carbocycles. The fourth-order valence-electron chi connectivity index (χ4n) is 3.33. The molecular formula is C21H22N4O3S. The van der Waals surface area contributed by atoms with Crippen molar-refractivity contribution in [1.82, 2.24) is 10.2 Å². The number of carbonyl (C=O) groups excluding carboxylic acids is 1. The minimum absolute atomic E-state index is 0.152. The molecule has 0 unspecified atom stereocenters. The SMILES string of the molecule is Cc1ccc(-c2cc(C(=O)Nc3cccc(N4CCCCS4(=O)=O)c3)[nH]n2)cc1. The maximum Gasteiger partial charge on any atom is 0.273 e. The van der Waals surface area contributed by atoms with Crippen molar-refractivity contribution in [3.8, 4) is 11.3 Å². The van der Waals surface area contributed by atoms with Gasteiger partial charge in [-0.25, -0.2) is 8.42 Å². The van der Waals surface area contributed by atoms with Gasteiger partial charge >= 0.3 is 0 Å². The van der Waals surface area contributed by atoms with Crippen LogP contribution < -0.4 is 9.62 Å². The average molecular weight is 410 g/mol. The predicted octanol–water partition coefficient (Wildman–Crippen LogP) is 3.57. The first-order valence-electron chi connectivity index (χ1n) is 9.47. The Balaban J connectivity index is 1.51. The number of anilines is 2. The zero-order chi connectivity index (χ0) is 20.4. The fourth-order valence-corrected chi connectivity index (χ4v) is 4.96. The molecule has 29 heavy (non-hydrogen) atoms. The number of rotatable bonds is 4. The Kier molecular flexibility index (Phi) is 5.10. The Labute approximate surface area is 169 Å². The lowest BCUT2D eigenvalue weighted by molar-refractivity contribution is 0.102. The average Bonchev–Trinajstić information content (AvgIpc) is 3.19. The van der Waals surface area contributed by atoms with Crippen LogP contribution in [0.4, 0.5) is 11.4 Å². The summed E-state index contributed by atoms with van der Waals surface area (Å²) < 4.78 is 26.1. The van der Waals surface area contributed by atoms with Crippen molar-refractivity contribution in [1.29, 1.82) is 0 Å². The van der Waals surface area contributed by atoms with Crippen LogP contribution in [0.2, 0.25) is 0 Å². The molecule has 2 N–H and O–H groups in total. The standard InChI is InChI=1S/C21H22N4O3S/c1-15-7-9-16(10-8-15)19-14-20(24-23-19)21(26)22-17-5-4-6-18(13-17)25-11-2-3-12-29(25,27)28/h4-10,13-14H,2-3,11-12H2,1H3,(H,22,26)(H,23,24). The summed E-state index contributed by atoms with van der Waals surface area (Å²) in [5.74, 6) is -0.186. The maximum absolute atomic E-state index is 12.6. The lowest BCUT2D eigenvalue weighted by atomic mass is 10.1. The summed E-state index contributed by atoms with van der Waals surface area (Å²) in [7, 11) is -3.30. The molecule has 1 amide bonds.